The van der Waals surface area contributed by atoms with E-state index in [-0.39, 0.29) is 5.78 Å². The van der Waals surface area contributed by atoms with Gasteiger partial charge < -0.3 is 5.73 Å². The average Bonchev–Trinajstić information content (AvgIpc) is 2.53. The van der Waals surface area contributed by atoms with E-state index in [2.05, 4.69) is 0 Å². The van der Waals surface area contributed by atoms with E-state index in [4.69, 9.17) is 10.3 Å². The molecule has 0 fully saturated rings. The van der Waals surface area contributed by atoms with E-state index in [0.29, 0.717) is 28.7 Å². The van der Waals surface area contributed by atoms with E-state index in [1.165, 1.54) is 0 Å². The van der Waals surface area contributed by atoms with Crippen molar-refractivity contribution in [3.8, 4) is 0 Å². The van der Waals surface area contributed by atoms with Gasteiger partial charge in [0.2, 0.25) is 5.30 Å². The van der Waals surface area contributed by atoms with Crippen molar-refractivity contribution in [2.75, 3.05) is 12.3 Å². The molecule has 2 aromatic rings. The van der Waals surface area contributed by atoms with Crippen molar-refractivity contribution in [3.05, 3.63) is 58.1 Å². The molecule has 0 heterocycles. The highest BCUT2D eigenvalue weighted by atomic mass is 31.1. The van der Waals surface area contributed by atoms with Crippen LogP contribution in [0.1, 0.15) is 39.5 Å². The first-order chi connectivity index (χ1) is 10.9. The van der Waals surface area contributed by atoms with Crippen LogP contribution in [-0.4, -0.2) is 12.4 Å². The molecule has 2 aromatic carbocycles. The quantitative estimate of drug-likeness (QED) is 0.514. The lowest BCUT2D eigenvalue weighted by molar-refractivity contribution is 0.103. The van der Waals surface area contributed by atoms with Crippen molar-refractivity contribution in [1.29, 1.82) is 0 Å². The van der Waals surface area contributed by atoms with Gasteiger partial charge in [-0.05, 0) is 73.2 Å². The standard InChI is InChI=1S/C18H21NO3P/c1-5-22-23(21)15-8-6-14(7-9-15)18(20)16-11(2)10-12(3)17(19)13(16)4/h6-10H,5,19H2,1-4H3/q+1. The maximum atomic E-state index is 12.8. The fourth-order valence-corrected chi connectivity index (χ4v) is 3.40. The summed E-state index contributed by atoms with van der Waals surface area (Å²) in [5, 5.41) is 0.579. The molecule has 0 aliphatic carbocycles. The van der Waals surface area contributed by atoms with Gasteiger partial charge >= 0.3 is 8.03 Å². The van der Waals surface area contributed by atoms with Crippen LogP contribution in [0.15, 0.2) is 30.3 Å². The van der Waals surface area contributed by atoms with Gasteiger partial charge in [0, 0.05) is 16.8 Å². The van der Waals surface area contributed by atoms with Crippen LogP contribution >= 0.6 is 8.03 Å². The summed E-state index contributed by atoms with van der Waals surface area (Å²) in [5.74, 6) is -0.0788. The number of anilines is 1. The summed E-state index contributed by atoms with van der Waals surface area (Å²) in [6, 6.07) is 8.63. The van der Waals surface area contributed by atoms with Gasteiger partial charge in [0.15, 0.2) is 5.78 Å². The number of benzene rings is 2. The van der Waals surface area contributed by atoms with Crippen LogP contribution < -0.4 is 11.0 Å². The molecule has 120 valence electrons. The molecule has 0 aromatic heterocycles. The molecular weight excluding hydrogens is 309 g/mol. The van der Waals surface area contributed by atoms with Crippen LogP contribution in [0.3, 0.4) is 0 Å². The summed E-state index contributed by atoms with van der Waals surface area (Å²) in [6.07, 6.45) is 0. The van der Waals surface area contributed by atoms with Crippen molar-refractivity contribution < 1.29 is 13.9 Å². The lowest BCUT2D eigenvalue weighted by Gasteiger charge is -2.13. The number of rotatable bonds is 5. The lowest BCUT2D eigenvalue weighted by atomic mass is 9.92. The second-order valence-corrected chi connectivity index (χ2v) is 6.76. The Morgan fingerprint density at radius 3 is 2.30 bits per heavy atom. The molecule has 1 unspecified atom stereocenters. The van der Waals surface area contributed by atoms with Crippen molar-refractivity contribution >= 4 is 24.8 Å². The molecule has 5 heteroatoms. The fourth-order valence-electron chi connectivity index (χ4n) is 2.62. The highest BCUT2D eigenvalue weighted by molar-refractivity contribution is 7.48. The Kier molecular flexibility index (Phi) is 5.30. The summed E-state index contributed by atoms with van der Waals surface area (Å²) in [4.78, 5) is 12.8. The van der Waals surface area contributed by atoms with E-state index >= 15 is 0 Å². The Morgan fingerprint density at radius 2 is 1.74 bits per heavy atom. The summed E-state index contributed by atoms with van der Waals surface area (Å²) < 4.78 is 16.9. The van der Waals surface area contributed by atoms with Crippen LogP contribution in [-0.2, 0) is 9.09 Å². The van der Waals surface area contributed by atoms with Crippen molar-refractivity contribution in [3.63, 3.8) is 0 Å². The summed E-state index contributed by atoms with van der Waals surface area (Å²) in [5.41, 5.74) is 10.6. The maximum Gasteiger partial charge on any atom is 0.548 e. The number of nitrogen functional groups attached to an aromatic ring is 1. The summed E-state index contributed by atoms with van der Waals surface area (Å²) >= 11 is 0. The second kappa shape index (κ2) is 7.03. The first kappa shape index (κ1) is 17.3. The third kappa shape index (κ3) is 3.49. The Hall–Kier alpha value is -2.03. The van der Waals surface area contributed by atoms with E-state index in [0.717, 1.165) is 16.7 Å². The molecule has 1 atom stereocenters. The number of nitrogens with two attached hydrogens (primary N) is 1. The maximum absolute atomic E-state index is 12.8. The molecule has 0 aliphatic rings. The number of hydrogen-bond donors (Lipinski definition) is 1. The lowest BCUT2D eigenvalue weighted by Crippen LogP contribution is -2.10. The van der Waals surface area contributed by atoms with Crippen molar-refractivity contribution in [1.82, 2.24) is 0 Å². The molecule has 4 nitrogen and oxygen atoms in total. The van der Waals surface area contributed by atoms with E-state index in [9.17, 15) is 9.36 Å². The first-order valence-electron chi connectivity index (χ1n) is 7.48. The zero-order chi connectivity index (χ0) is 17.1. The van der Waals surface area contributed by atoms with Crippen LogP contribution in [0.4, 0.5) is 5.69 Å². The number of carbonyl (C=O) groups excluding carboxylic acids is 1. The van der Waals surface area contributed by atoms with Gasteiger partial charge in [0.1, 0.15) is 6.61 Å². The highest BCUT2D eigenvalue weighted by Gasteiger charge is 2.23. The monoisotopic (exact) mass is 330 g/mol. The molecule has 23 heavy (non-hydrogen) atoms. The predicted molar refractivity (Wildman–Crippen MR) is 93.8 cm³/mol. The average molecular weight is 330 g/mol. The van der Waals surface area contributed by atoms with Crippen LogP contribution in [0.5, 0.6) is 0 Å². The third-order valence-electron chi connectivity index (χ3n) is 3.84. The van der Waals surface area contributed by atoms with Gasteiger partial charge in [-0.25, -0.2) is 0 Å². The van der Waals surface area contributed by atoms with Crippen LogP contribution in [0.2, 0.25) is 0 Å². The summed E-state index contributed by atoms with van der Waals surface area (Å²) in [6.45, 7) is 7.88. The Morgan fingerprint density at radius 1 is 1.13 bits per heavy atom. The van der Waals surface area contributed by atoms with Gasteiger partial charge in [0.25, 0.3) is 0 Å². The number of hydrogen-bond acceptors (Lipinski definition) is 4. The van der Waals surface area contributed by atoms with Crippen LogP contribution in [0.25, 0.3) is 0 Å². The minimum Gasteiger partial charge on any atom is -0.398 e. The van der Waals surface area contributed by atoms with Gasteiger partial charge in [-0.15, -0.1) is 4.52 Å². The summed E-state index contributed by atoms with van der Waals surface area (Å²) in [7, 11) is -1.86. The van der Waals surface area contributed by atoms with Gasteiger partial charge in [-0.1, -0.05) is 6.07 Å². The van der Waals surface area contributed by atoms with Crippen molar-refractivity contribution in [2.24, 2.45) is 0 Å². The highest BCUT2D eigenvalue weighted by Crippen LogP contribution is 2.27. The van der Waals surface area contributed by atoms with E-state index in [1.54, 1.807) is 31.2 Å². The number of aryl methyl sites for hydroxylation is 2. The number of ketones is 1. The molecule has 0 saturated heterocycles. The third-order valence-corrected chi connectivity index (χ3v) is 5.06. The first-order valence-corrected chi connectivity index (χ1v) is 8.65. The minimum atomic E-state index is -1.86. The smallest absolute Gasteiger partial charge is 0.398 e. The molecule has 0 amide bonds. The van der Waals surface area contributed by atoms with Crippen molar-refractivity contribution in [2.45, 2.75) is 27.7 Å². The number of carbonyl (C=O) groups is 1. The van der Waals surface area contributed by atoms with Gasteiger partial charge in [-0.2, -0.15) is 0 Å². The largest absolute Gasteiger partial charge is 0.548 e. The normalized spacial score (nSPS) is 11.4. The molecule has 2 N–H and O–H groups in total. The molecular formula is C18H21NO3P+. The molecule has 0 spiro atoms. The molecule has 2 rings (SSSR count). The zero-order valence-corrected chi connectivity index (χ0v) is 14.7. The molecule has 0 aliphatic heterocycles. The fraction of sp³-hybridized carbons (Fsp3) is 0.278. The van der Waals surface area contributed by atoms with Gasteiger partial charge in [-0.3, -0.25) is 4.79 Å². The Balaban J connectivity index is 2.39. The second-order valence-electron chi connectivity index (χ2n) is 5.47. The SMILES string of the molecule is CCO[P+](=O)c1ccc(C(=O)c2c(C)cc(C)c(N)c2C)cc1. The topological polar surface area (TPSA) is 69.4 Å². The molecule has 0 bridgehead atoms. The van der Waals surface area contributed by atoms with E-state index in [1.807, 2.05) is 26.8 Å². The Bertz CT molecular complexity index is 767. The van der Waals surface area contributed by atoms with Crippen LogP contribution in [0, 0.1) is 20.8 Å². The minimum absolute atomic E-state index is 0.0788. The Labute approximate surface area is 137 Å². The zero-order valence-electron chi connectivity index (χ0n) is 13.8. The molecule has 0 radical (unpaired) electrons. The van der Waals surface area contributed by atoms with E-state index < -0.39 is 8.03 Å². The predicted octanol–water partition coefficient (Wildman–Crippen LogP) is 3.83. The molecule has 0 saturated carbocycles. The van der Waals surface area contributed by atoms with Gasteiger partial charge in [0.05, 0.1) is 0 Å².